The molecule has 0 atom stereocenters. The second kappa shape index (κ2) is 15.9. The van der Waals surface area contributed by atoms with Crippen molar-refractivity contribution in [3.8, 4) is 22.6 Å². The maximum atomic E-state index is 14.0. The molecule has 0 heterocycles. The average Bonchev–Trinajstić information content (AvgIpc) is 3.05. The van der Waals surface area contributed by atoms with Crippen LogP contribution in [0.3, 0.4) is 0 Å². The molecule has 8 heteroatoms. The summed E-state index contributed by atoms with van der Waals surface area (Å²) in [5, 5.41) is 12.4. The Balaban J connectivity index is 1.57. The van der Waals surface area contributed by atoms with E-state index in [4.69, 9.17) is 9.47 Å². The van der Waals surface area contributed by atoms with Gasteiger partial charge in [-0.15, -0.1) is 0 Å². The molecule has 4 aromatic carbocycles. The number of carbonyl (C=O) groups excluding carboxylic acids is 2. The summed E-state index contributed by atoms with van der Waals surface area (Å²) in [5.74, 6) is -0.298. The van der Waals surface area contributed by atoms with E-state index in [9.17, 15) is 19.5 Å². The van der Waals surface area contributed by atoms with Crippen LogP contribution in [0.2, 0.25) is 0 Å². The monoisotopic (exact) mass is 594 g/mol. The molecule has 0 aliphatic rings. The molecular formula is C36H38N2O6. The number of carboxylic acid groups (broad SMARTS) is 1. The molecular weight excluding hydrogens is 556 g/mol. The van der Waals surface area contributed by atoms with Gasteiger partial charge in [0.2, 0.25) is 0 Å². The molecule has 0 saturated carbocycles. The summed E-state index contributed by atoms with van der Waals surface area (Å²) in [7, 11) is 1.58. The predicted molar refractivity (Wildman–Crippen MR) is 170 cm³/mol. The molecule has 0 aliphatic heterocycles. The normalized spacial score (nSPS) is 10.6. The fraction of sp³-hybridized carbons (Fsp3) is 0.250. The Hall–Kier alpha value is -5.11. The standard InChI is InChI=1S/C36H38N2O6/c1-3-44-33-25-27(17-18-32(33)43-2)20-23-38(24-21-34(39)40)36(42)31-16-10-8-14-29(31)28-13-7-9-15-30(28)35(41)37-22-19-26-11-5-4-6-12-26/h4-18,25H,3,19-24H2,1-2H3,(H,37,41)(H,39,40). The number of amides is 2. The maximum Gasteiger partial charge on any atom is 0.305 e. The number of aliphatic carboxylic acids is 1. The molecule has 0 radical (unpaired) electrons. The Morgan fingerprint density at radius 1 is 0.750 bits per heavy atom. The highest BCUT2D eigenvalue weighted by Crippen LogP contribution is 2.30. The first kappa shape index (κ1) is 31.8. The van der Waals surface area contributed by atoms with Gasteiger partial charge < -0.3 is 24.8 Å². The van der Waals surface area contributed by atoms with Crippen molar-refractivity contribution in [2.24, 2.45) is 0 Å². The van der Waals surface area contributed by atoms with Gasteiger partial charge in [-0.3, -0.25) is 14.4 Å². The van der Waals surface area contributed by atoms with Crippen LogP contribution in [-0.4, -0.2) is 61.1 Å². The lowest BCUT2D eigenvalue weighted by Crippen LogP contribution is -2.35. The molecule has 2 amide bonds. The lowest BCUT2D eigenvalue weighted by Gasteiger charge is -2.24. The molecule has 0 aromatic heterocycles. The number of nitrogens with one attached hydrogen (secondary N) is 1. The molecule has 8 nitrogen and oxygen atoms in total. The van der Waals surface area contributed by atoms with E-state index in [1.54, 1.807) is 36.3 Å². The Labute approximate surface area is 258 Å². The number of ether oxygens (including phenoxy) is 2. The van der Waals surface area contributed by atoms with E-state index in [0.717, 1.165) is 11.1 Å². The summed E-state index contributed by atoms with van der Waals surface area (Å²) in [6.45, 7) is 3.17. The van der Waals surface area contributed by atoms with E-state index in [0.29, 0.717) is 66.3 Å². The molecule has 0 fully saturated rings. The van der Waals surface area contributed by atoms with E-state index in [2.05, 4.69) is 5.32 Å². The van der Waals surface area contributed by atoms with E-state index >= 15 is 0 Å². The van der Waals surface area contributed by atoms with Gasteiger partial charge in [0.25, 0.3) is 11.8 Å². The number of hydrogen-bond donors (Lipinski definition) is 2. The summed E-state index contributed by atoms with van der Waals surface area (Å²) in [5.41, 5.74) is 4.14. The third kappa shape index (κ3) is 8.47. The fourth-order valence-corrected chi connectivity index (χ4v) is 5.01. The van der Waals surface area contributed by atoms with Crippen molar-refractivity contribution >= 4 is 17.8 Å². The smallest absolute Gasteiger partial charge is 0.305 e. The number of rotatable bonds is 15. The van der Waals surface area contributed by atoms with E-state index < -0.39 is 5.97 Å². The Bertz CT molecular complexity index is 1570. The third-order valence-electron chi connectivity index (χ3n) is 7.24. The van der Waals surface area contributed by atoms with Crippen molar-refractivity contribution in [2.75, 3.05) is 33.4 Å². The number of nitrogens with zero attached hydrogens (tertiary/aromatic N) is 1. The van der Waals surface area contributed by atoms with Gasteiger partial charge in [0.15, 0.2) is 11.5 Å². The average molecular weight is 595 g/mol. The van der Waals surface area contributed by atoms with E-state index in [-0.39, 0.29) is 24.8 Å². The molecule has 0 bridgehead atoms. The molecule has 0 unspecified atom stereocenters. The van der Waals surface area contributed by atoms with Crippen LogP contribution in [0.4, 0.5) is 0 Å². The Morgan fingerprint density at radius 2 is 1.41 bits per heavy atom. The van der Waals surface area contributed by atoms with Gasteiger partial charge >= 0.3 is 5.97 Å². The van der Waals surface area contributed by atoms with Crippen molar-refractivity contribution in [3.63, 3.8) is 0 Å². The van der Waals surface area contributed by atoms with Crippen molar-refractivity contribution in [1.29, 1.82) is 0 Å². The quantitative estimate of drug-likeness (QED) is 0.178. The highest BCUT2D eigenvalue weighted by Gasteiger charge is 2.23. The van der Waals surface area contributed by atoms with Gasteiger partial charge in [-0.05, 0) is 66.3 Å². The molecule has 4 rings (SSSR count). The molecule has 0 saturated heterocycles. The van der Waals surface area contributed by atoms with Gasteiger partial charge in [0.1, 0.15) is 0 Å². The fourth-order valence-electron chi connectivity index (χ4n) is 5.01. The highest BCUT2D eigenvalue weighted by molar-refractivity contribution is 6.06. The SMILES string of the molecule is CCOc1cc(CCN(CCC(=O)O)C(=O)c2ccccc2-c2ccccc2C(=O)NCCc2ccccc2)ccc1OC. The molecule has 0 spiro atoms. The summed E-state index contributed by atoms with van der Waals surface area (Å²) in [6.07, 6.45) is 0.988. The van der Waals surface area contributed by atoms with Crippen LogP contribution in [0.1, 0.15) is 45.2 Å². The van der Waals surface area contributed by atoms with Gasteiger partial charge in [0.05, 0.1) is 20.1 Å². The summed E-state index contributed by atoms with van der Waals surface area (Å²) >= 11 is 0. The van der Waals surface area contributed by atoms with Crippen LogP contribution in [0.15, 0.2) is 97.1 Å². The van der Waals surface area contributed by atoms with Crippen LogP contribution in [0, 0.1) is 0 Å². The molecule has 228 valence electrons. The summed E-state index contributed by atoms with van der Waals surface area (Å²) in [4.78, 5) is 40.4. The molecule has 0 aliphatic carbocycles. The lowest BCUT2D eigenvalue weighted by atomic mass is 9.94. The van der Waals surface area contributed by atoms with E-state index in [1.807, 2.05) is 79.7 Å². The predicted octanol–water partition coefficient (Wildman–Crippen LogP) is 5.89. The summed E-state index contributed by atoms with van der Waals surface area (Å²) < 4.78 is 11.1. The zero-order chi connectivity index (χ0) is 31.3. The van der Waals surface area contributed by atoms with Crippen LogP contribution in [0.5, 0.6) is 11.5 Å². The van der Waals surface area contributed by atoms with Gasteiger partial charge in [-0.25, -0.2) is 0 Å². The molecule has 4 aromatic rings. The second-order valence-corrected chi connectivity index (χ2v) is 10.2. The number of carbonyl (C=O) groups is 3. The number of benzene rings is 4. The lowest BCUT2D eigenvalue weighted by molar-refractivity contribution is -0.137. The van der Waals surface area contributed by atoms with Crippen LogP contribution >= 0.6 is 0 Å². The van der Waals surface area contributed by atoms with Crippen molar-refractivity contribution < 1.29 is 29.0 Å². The first-order valence-corrected chi connectivity index (χ1v) is 14.7. The minimum atomic E-state index is -0.989. The van der Waals surface area contributed by atoms with Gasteiger partial charge in [-0.2, -0.15) is 0 Å². The minimum Gasteiger partial charge on any atom is -0.493 e. The Morgan fingerprint density at radius 3 is 2.09 bits per heavy atom. The van der Waals surface area contributed by atoms with Gasteiger partial charge in [0, 0.05) is 30.8 Å². The first-order chi connectivity index (χ1) is 21.4. The topological polar surface area (TPSA) is 105 Å². The molecule has 44 heavy (non-hydrogen) atoms. The maximum absolute atomic E-state index is 14.0. The Kier molecular flexibility index (Phi) is 11.5. The summed E-state index contributed by atoms with van der Waals surface area (Å²) in [6, 6.07) is 29.9. The third-order valence-corrected chi connectivity index (χ3v) is 7.24. The largest absolute Gasteiger partial charge is 0.493 e. The van der Waals surface area contributed by atoms with Gasteiger partial charge in [-0.1, -0.05) is 72.8 Å². The zero-order valence-corrected chi connectivity index (χ0v) is 25.1. The number of carboxylic acids is 1. The first-order valence-electron chi connectivity index (χ1n) is 14.7. The van der Waals surface area contributed by atoms with Crippen molar-refractivity contribution in [3.05, 3.63) is 119 Å². The second-order valence-electron chi connectivity index (χ2n) is 10.2. The number of hydrogen-bond acceptors (Lipinski definition) is 5. The van der Waals surface area contributed by atoms with Crippen LogP contribution < -0.4 is 14.8 Å². The van der Waals surface area contributed by atoms with E-state index in [1.165, 1.54) is 0 Å². The van der Waals surface area contributed by atoms with Crippen molar-refractivity contribution in [2.45, 2.75) is 26.2 Å². The molecule has 2 N–H and O–H groups in total. The number of methoxy groups -OCH3 is 1. The van der Waals surface area contributed by atoms with Crippen LogP contribution in [-0.2, 0) is 17.6 Å². The zero-order valence-electron chi connectivity index (χ0n) is 25.1. The minimum absolute atomic E-state index is 0.0403. The highest BCUT2D eigenvalue weighted by atomic mass is 16.5. The van der Waals surface area contributed by atoms with Crippen molar-refractivity contribution in [1.82, 2.24) is 10.2 Å². The van der Waals surface area contributed by atoms with Crippen LogP contribution in [0.25, 0.3) is 11.1 Å².